The number of rotatable bonds is 5. The van der Waals surface area contributed by atoms with E-state index in [1.807, 2.05) is 30.3 Å². The first-order valence-corrected chi connectivity index (χ1v) is 6.70. The number of carbonyl (C=O) groups is 2. The van der Waals surface area contributed by atoms with Crippen LogP contribution in [0.5, 0.6) is 0 Å². The Hall–Kier alpha value is -2.04. The SMILES string of the molecule is CCOC(=O)[C@]1(C)C[C@H]1NC(=O)OCc1ccccc1. The molecule has 0 unspecified atom stereocenters. The van der Waals surface area contributed by atoms with Gasteiger partial charge in [-0.15, -0.1) is 0 Å². The topological polar surface area (TPSA) is 64.6 Å². The standard InChI is InChI=1S/C15H19NO4/c1-3-19-13(17)15(2)9-12(15)16-14(18)20-10-11-7-5-4-6-8-11/h4-8,12H,3,9-10H2,1-2H3,(H,16,18)/t12-,15-/m1/s1. The Morgan fingerprint density at radius 2 is 2.00 bits per heavy atom. The van der Waals surface area contributed by atoms with Gasteiger partial charge < -0.3 is 14.8 Å². The van der Waals surface area contributed by atoms with Crippen LogP contribution in [0.2, 0.25) is 0 Å². The van der Waals surface area contributed by atoms with Gasteiger partial charge >= 0.3 is 12.1 Å². The second kappa shape index (κ2) is 5.94. The molecule has 2 atom stereocenters. The molecular weight excluding hydrogens is 258 g/mol. The van der Waals surface area contributed by atoms with Crippen LogP contribution in [0, 0.1) is 5.41 Å². The predicted molar refractivity (Wildman–Crippen MR) is 72.9 cm³/mol. The van der Waals surface area contributed by atoms with E-state index in [1.54, 1.807) is 13.8 Å². The lowest BCUT2D eigenvalue weighted by Crippen LogP contribution is -2.32. The molecule has 2 rings (SSSR count). The molecule has 1 aromatic carbocycles. The molecule has 0 heterocycles. The molecule has 0 bridgehead atoms. The van der Waals surface area contributed by atoms with Gasteiger partial charge in [-0.05, 0) is 25.8 Å². The van der Waals surface area contributed by atoms with E-state index < -0.39 is 11.5 Å². The fourth-order valence-corrected chi connectivity index (χ4v) is 2.00. The van der Waals surface area contributed by atoms with Crippen LogP contribution in [0.25, 0.3) is 0 Å². The van der Waals surface area contributed by atoms with Crippen molar-refractivity contribution in [2.75, 3.05) is 6.61 Å². The van der Waals surface area contributed by atoms with Gasteiger partial charge in [0, 0.05) is 6.04 Å². The lowest BCUT2D eigenvalue weighted by molar-refractivity contribution is -0.149. The largest absolute Gasteiger partial charge is 0.466 e. The van der Waals surface area contributed by atoms with Crippen molar-refractivity contribution in [3.05, 3.63) is 35.9 Å². The smallest absolute Gasteiger partial charge is 0.407 e. The third-order valence-electron chi connectivity index (χ3n) is 3.48. The zero-order valence-corrected chi connectivity index (χ0v) is 11.7. The van der Waals surface area contributed by atoms with E-state index in [-0.39, 0.29) is 18.6 Å². The third kappa shape index (κ3) is 3.29. The molecule has 1 fully saturated rings. The predicted octanol–water partition coefficient (Wildman–Crippen LogP) is 2.25. The molecule has 5 heteroatoms. The molecule has 1 amide bonds. The zero-order chi connectivity index (χ0) is 14.6. The van der Waals surface area contributed by atoms with Crippen LogP contribution in [0.1, 0.15) is 25.8 Å². The normalized spacial score (nSPS) is 23.8. The summed E-state index contributed by atoms with van der Waals surface area (Å²) in [6.45, 7) is 4.11. The van der Waals surface area contributed by atoms with Gasteiger partial charge in [0.15, 0.2) is 0 Å². The lowest BCUT2D eigenvalue weighted by Gasteiger charge is -2.11. The van der Waals surface area contributed by atoms with Crippen LogP contribution in [-0.2, 0) is 20.9 Å². The Kier molecular flexibility index (Phi) is 4.27. The van der Waals surface area contributed by atoms with Crippen molar-refractivity contribution in [1.29, 1.82) is 0 Å². The van der Waals surface area contributed by atoms with Crippen molar-refractivity contribution < 1.29 is 19.1 Å². The summed E-state index contributed by atoms with van der Waals surface area (Å²) in [6.07, 6.45) is 0.0820. The number of nitrogens with one attached hydrogen (secondary N) is 1. The molecule has 1 saturated carbocycles. The first-order valence-electron chi connectivity index (χ1n) is 6.70. The van der Waals surface area contributed by atoms with E-state index in [1.165, 1.54) is 0 Å². The highest BCUT2D eigenvalue weighted by atomic mass is 16.5. The third-order valence-corrected chi connectivity index (χ3v) is 3.48. The minimum Gasteiger partial charge on any atom is -0.466 e. The number of ether oxygens (including phenoxy) is 2. The van der Waals surface area contributed by atoms with E-state index in [4.69, 9.17) is 9.47 Å². The minimum absolute atomic E-state index is 0.204. The fourth-order valence-electron chi connectivity index (χ4n) is 2.00. The Balaban J connectivity index is 1.75. The number of benzene rings is 1. The quantitative estimate of drug-likeness (QED) is 0.838. The van der Waals surface area contributed by atoms with Gasteiger partial charge in [0.1, 0.15) is 6.61 Å². The minimum atomic E-state index is -0.609. The van der Waals surface area contributed by atoms with Crippen molar-refractivity contribution >= 4 is 12.1 Å². The number of alkyl carbamates (subject to hydrolysis) is 1. The molecule has 0 spiro atoms. The van der Waals surface area contributed by atoms with Gasteiger partial charge in [0.2, 0.25) is 0 Å². The molecule has 0 radical (unpaired) electrons. The van der Waals surface area contributed by atoms with Gasteiger partial charge in [0.25, 0.3) is 0 Å². The van der Waals surface area contributed by atoms with Crippen molar-refractivity contribution in [2.24, 2.45) is 5.41 Å². The Labute approximate surface area is 118 Å². The van der Waals surface area contributed by atoms with Crippen LogP contribution < -0.4 is 5.32 Å². The summed E-state index contributed by atoms with van der Waals surface area (Å²) in [5, 5.41) is 2.69. The summed E-state index contributed by atoms with van der Waals surface area (Å²) in [6, 6.07) is 9.23. The van der Waals surface area contributed by atoms with E-state index in [0.29, 0.717) is 13.0 Å². The number of esters is 1. The van der Waals surface area contributed by atoms with Crippen molar-refractivity contribution in [3.63, 3.8) is 0 Å². The molecule has 1 aliphatic carbocycles. The highest BCUT2D eigenvalue weighted by molar-refractivity contribution is 5.82. The van der Waals surface area contributed by atoms with E-state index in [9.17, 15) is 9.59 Å². The molecule has 5 nitrogen and oxygen atoms in total. The summed E-state index contributed by atoms with van der Waals surface area (Å²) >= 11 is 0. The molecule has 0 saturated heterocycles. The van der Waals surface area contributed by atoms with Gasteiger partial charge in [-0.2, -0.15) is 0 Å². The summed E-state index contributed by atoms with van der Waals surface area (Å²) in [5.74, 6) is -0.270. The molecular formula is C15H19NO4. The van der Waals surface area contributed by atoms with E-state index >= 15 is 0 Å². The Bertz CT molecular complexity index is 488. The molecule has 1 aliphatic rings. The number of amides is 1. The van der Waals surface area contributed by atoms with Crippen molar-refractivity contribution in [3.8, 4) is 0 Å². The summed E-state index contributed by atoms with van der Waals surface area (Å²) in [5.41, 5.74) is 0.313. The van der Waals surface area contributed by atoms with Crippen molar-refractivity contribution in [2.45, 2.75) is 32.9 Å². The molecule has 0 aliphatic heterocycles. The van der Waals surface area contributed by atoms with Crippen molar-refractivity contribution in [1.82, 2.24) is 5.32 Å². The number of hydrogen-bond acceptors (Lipinski definition) is 4. The van der Waals surface area contributed by atoms with Crippen LogP contribution in [0.15, 0.2) is 30.3 Å². The lowest BCUT2D eigenvalue weighted by atomic mass is 10.1. The maximum absolute atomic E-state index is 11.7. The molecule has 0 aromatic heterocycles. The first-order chi connectivity index (χ1) is 9.56. The van der Waals surface area contributed by atoms with Crippen LogP contribution in [0.4, 0.5) is 4.79 Å². The van der Waals surface area contributed by atoms with Crippen LogP contribution in [0.3, 0.4) is 0 Å². The van der Waals surface area contributed by atoms with E-state index in [0.717, 1.165) is 5.56 Å². The van der Waals surface area contributed by atoms with Crippen LogP contribution in [-0.4, -0.2) is 24.7 Å². The average molecular weight is 277 g/mol. The summed E-state index contributed by atoms with van der Waals surface area (Å²) < 4.78 is 10.1. The maximum atomic E-state index is 11.7. The Morgan fingerprint density at radius 1 is 1.30 bits per heavy atom. The second-order valence-corrected chi connectivity index (χ2v) is 5.10. The van der Waals surface area contributed by atoms with Gasteiger partial charge in [-0.3, -0.25) is 4.79 Å². The summed E-state index contributed by atoms with van der Waals surface area (Å²) in [7, 11) is 0. The van der Waals surface area contributed by atoms with Crippen LogP contribution >= 0.6 is 0 Å². The fraction of sp³-hybridized carbons (Fsp3) is 0.467. The molecule has 1 N–H and O–H groups in total. The molecule has 20 heavy (non-hydrogen) atoms. The Morgan fingerprint density at radius 3 is 2.65 bits per heavy atom. The average Bonchev–Trinajstić information content (AvgIpc) is 3.10. The maximum Gasteiger partial charge on any atom is 0.407 e. The number of carbonyl (C=O) groups excluding carboxylic acids is 2. The second-order valence-electron chi connectivity index (χ2n) is 5.10. The highest BCUT2D eigenvalue weighted by Crippen LogP contribution is 2.46. The van der Waals surface area contributed by atoms with Gasteiger partial charge in [0.05, 0.1) is 12.0 Å². The number of hydrogen-bond donors (Lipinski definition) is 1. The van der Waals surface area contributed by atoms with Gasteiger partial charge in [-0.1, -0.05) is 30.3 Å². The van der Waals surface area contributed by atoms with E-state index in [2.05, 4.69) is 5.32 Å². The highest BCUT2D eigenvalue weighted by Gasteiger charge is 2.58. The van der Waals surface area contributed by atoms with Gasteiger partial charge in [-0.25, -0.2) is 4.79 Å². The monoisotopic (exact) mass is 277 g/mol. The molecule has 108 valence electrons. The zero-order valence-electron chi connectivity index (χ0n) is 11.7. The molecule has 1 aromatic rings. The summed E-state index contributed by atoms with van der Waals surface area (Å²) in [4.78, 5) is 23.3. The first kappa shape index (κ1) is 14.4.